The van der Waals surface area contributed by atoms with Crippen LogP contribution in [-0.4, -0.2) is 11.7 Å². The predicted molar refractivity (Wildman–Crippen MR) is 78.9 cm³/mol. The highest BCUT2D eigenvalue weighted by atomic mass is 19.2. The molecule has 0 aromatic heterocycles. The minimum atomic E-state index is -0.861. The van der Waals surface area contributed by atoms with Crippen LogP contribution in [0.5, 0.6) is 0 Å². The summed E-state index contributed by atoms with van der Waals surface area (Å²) in [5, 5.41) is 13.3. The van der Waals surface area contributed by atoms with E-state index in [1.807, 2.05) is 38.1 Å². The molecule has 0 saturated carbocycles. The van der Waals surface area contributed by atoms with Crippen molar-refractivity contribution < 1.29 is 13.9 Å². The average Bonchev–Trinajstić information content (AvgIpc) is 2.47. The molecule has 0 saturated heterocycles. The fraction of sp³-hybridized carbons (Fsp3) is 0.294. The lowest BCUT2D eigenvalue weighted by Crippen LogP contribution is -2.25. The highest BCUT2D eigenvalue weighted by Gasteiger charge is 2.13. The van der Waals surface area contributed by atoms with Gasteiger partial charge in [0.25, 0.3) is 0 Å². The molecule has 21 heavy (non-hydrogen) atoms. The maximum Gasteiger partial charge on any atom is 0.159 e. The fourth-order valence-corrected chi connectivity index (χ4v) is 2.26. The molecule has 0 fully saturated rings. The molecule has 0 aliphatic carbocycles. The van der Waals surface area contributed by atoms with Gasteiger partial charge in [-0.05, 0) is 42.7 Å². The molecule has 0 heterocycles. The van der Waals surface area contributed by atoms with E-state index >= 15 is 0 Å². The zero-order valence-electron chi connectivity index (χ0n) is 12.1. The molecule has 0 bridgehead atoms. The van der Waals surface area contributed by atoms with Crippen LogP contribution in [0.4, 0.5) is 8.78 Å². The zero-order valence-corrected chi connectivity index (χ0v) is 12.1. The molecule has 2 nitrogen and oxygen atoms in total. The SMILES string of the molecule is Cc1ccccc1C(O)CNC(C)c1ccc(F)c(F)c1. The van der Waals surface area contributed by atoms with Crippen molar-refractivity contribution in [2.75, 3.05) is 6.54 Å². The molecule has 2 atom stereocenters. The smallest absolute Gasteiger partial charge is 0.159 e. The van der Waals surface area contributed by atoms with E-state index in [2.05, 4.69) is 5.32 Å². The van der Waals surface area contributed by atoms with Gasteiger partial charge in [-0.3, -0.25) is 0 Å². The molecule has 4 heteroatoms. The summed E-state index contributed by atoms with van der Waals surface area (Å²) in [7, 11) is 0. The number of hydrogen-bond acceptors (Lipinski definition) is 2. The molecule has 2 aromatic carbocycles. The van der Waals surface area contributed by atoms with Gasteiger partial charge in [-0.1, -0.05) is 30.3 Å². The van der Waals surface area contributed by atoms with Gasteiger partial charge in [0.05, 0.1) is 6.10 Å². The molecule has 0 radical (unpaired) electrons. The van der Waals surface area contributed by atoms with Crippen LogP contribution in [0, 0.1) is 18.6 Å². The Hall–Kier alpha value is -1.78. The van der Waals surface area contributed by atoms with E-state index in [-0.39, 0.29) is 6.04 Å². The van der Waals surface area contributed by atoms with E-state index in [4.69, 9.17) is 0 Å². The summed E-state index contributed by atoms with van der Waals surface area (Å²) >= 11 is 0. The highest BCUT2D eigenvalue weighted by molar-refractivity contribution is 5.28. The Labute approximate surface area is 123 Å². The Morgan fingerprint density at radius 1 is 1.10 bits per heavy atom. The van der Waals surface area contributed by atoms with Crippen LogP contribution in [0.2, 0.25) is 0 Å². The maximum atomic E-state index is 13.2. The van der Waals surface area contributed by atoms with Crippen molar-refractivity contribution in [2.45, 2.75) is 26.0 Å². The zero-order chi connectivity index (χ0) is 15.4. The maximum absolute atomic E-state index is 13.2. The Balaban J connectivity index is 1.99. The van der Waals surface area contributed by atoms with Gasteiger partial charge in [-0.2, -0.15) is 0 Å². The number of aliphatic hydroxyl groups excluding tert-OH is 1. The second-order valence-electron chi connectivity index (χ2n) is 5.18. The van der Waals surface area contributed by atoms with Gasteiger partial charge in [0.2, 0.25) is 0 Å². The van der Waals surface area contributed by atoms with E-state index < -0.39 is 17.7 Å². The lowest BCUT2D eigenvalue weighted by molar-refractivity contribution is 0.170. The van der Waals surface area contributed by atoms with Gasteiger partial charge >= 0.3 is 0 Å². The quantitative estimate of drug-likeness (QED) is 0.881. The van der Waals surface area contributed by atoms with Crippen molar-refractivity contribution in [3.05, 3.63) is 70.8 Å². The number of rotatable bonds is 5. The van der Waals surface area contributed by atoms with Crippen molar-refractivity contribution in [2.24, 2.45) is 0 Å². The summed E-state index contributed by atoms with van der Waals surface area (Å²) in [5.41, 5.74) is 2.53. The molecular formula is C17H19F2NO. The Morgan fingerprint density at radius 3 is 2.48 bits per heavy atom. The first-order valence-electron chi connectivity index (χ1n) is 6.91. The van der Waals surface area contributed by atoms with Crippen LogP contribution >= 0.6 is 0 Å². The van der Waals surface area contributed by atoms with Gasteiger partial charge < -0.3 is 10.4 Å². The molecule has 0 amide bonds. The third-order valence-electron chi connectivity index (χ3n) is 3.61. The summed E-state index contributed by atoms with van der Waals surface area (Å²) in [6.45, 7) is 4.12. The van der Waals surface area contributed by atoms with E-state index in [1.54, 1.807) is 0 Å². The topological polar surface area (TPSA) is 32.3 Å². The average molecular weight is 291 g/mol. The van der Waals surface area contributed by atoms with Gasteiger partial charge in [-0.25, -0.2) is 8.78 Å². The van der Waals surface area contributed by atoms with Crippen LogP contribution in [0.1, 0.15) is 35.8 Å². The second kappa shape index (κ2) is 6.78. The van der Waals surface area contributed by atoms with Gasteiger partial charge in [0.15, 0.2) is 11.6 Å². The molecule has 2 rings (SSSR count). The number of hydrogen-bond donors (Lipinski definition) is 2. The largest absolute Gasteiger partial charge is 0.387 e. The van der Waals surface area contributed by atoms with E-state index in [0.717, 1.165) is 17.2 Å². The minimum absolute atomic E-state index is 0.182. The second-order valence-corrected chi connectivity index (χ2v) is 5.18. The van der Waals surface area contributed by atoms with Crippen LogP contribution in [0.3, 0.4) is 0 Å². The summed E-state index contributed by atoms with van der Waals surface area (Å²) in [6.07, 6.45) is -0.640. The normalized spacial score (nSPS) is 14.0. The summed E-state index contributed by atoms with van der Waals surface area (Å²) in [6, 6.07) is 11.3. The standard InChI is InChI=1S/C17H19F2NO/c1-11-5-3-4-6-14(11)17(21)10-20-12(2)13-7-8-15(18)16(19)9-13/h3-9,12,17,20-21H,10H2,1-2H3. The number of aryl methyl sites for hydroxylation is 1. The minimum Gasteiger partial charge on any atom is -0.387 e. The summed E-state index contributed by atoms with van der Waals surface area (Å²) in [5.74, 6) is -1.72. The molecule has 2 aromatic rings. The first kappa shape index (κ1) is 15.6. The third-order valence-corrected chi connectivity index (χ3v) is 3.61. The van der Waals surface area contributed by atoms with E-state index in [9.17, 15) is 13.9 Å². The monoisotopic (exact) mass is 291 g/mol. The lowest BCUT2D eigenvalue weighted by Gasteiger charge is -2.19. The highest BCUT2D eigenvalue weighted by Crippen LogP contribution is 2.19. The lowest BCUT2D eigenvalue weighted by atomic mass is 10.0. The predicted octanol–water partition coefficient (Wildman–Crippen LogP) is 3.66. The van der Waals surface area contributed by atoms with Gasteiger partial charge in [0, 0.05) is 12.6 Å². The van der Waals surface area contributed by atoms with Crippen molar-refractivity contribution in [3.63, 3.8) is 0 Å². The van der Waals surface area contributed by atoms with Crippen molar-refractivity contribution >= 4 is 0 Å². The summed E-state index contributed by atoms with van der Waals surface area (Å²) in [4.78, 5) is 0. The van der Waals surface area contributed by atoms with Crippen molar-refractivity contribution in [3.8, 4) is 0 Å². The molecular weight excluding hydrogens is 272 g/mol. The Morgan fingerprint density at radius 2 is 1.81 bits per heavy atom. The molecule has 0 spiro atoms. The van der Waals surface area contributed by atoms with Crippen LogP contribution in [-0.2, 0) is 0 Å². The summed E-state index contributed by atoms with van der Waals surface area (Å²) < 4.78 is 26.1. The van der Waals surface area contributed by atoms with Crippen LogP contribution in [0.15, 0.2) is 42.5 Å². The number of aliphatic hydroxyl groups is 1. The molecule has 0 aliphatic heterocycles. The fourth-order valence-electron chi connectivity index (χ4n) is 2.26. The number of benzene rings is 2. The number of halogens is 2. The van der Waals surface area contributed by atoms with E-state index in [1.165, 1.54) is 12.1 Å². The molecule has 2 unspecified atom stereocenters. The molecule has 0 aliphatic rings. The Kier molecular flexibility index (Phi) is 5.04. The van der Waals surface area contributed by atoms with Crippen LogP contribution < -0.4 is 5.32 Å². The third kappa shape index (κ3) is 3.86. The van der Waals surface area contributed by atoms with Crippen molar-refractivity contribution in [1.29, 1.82) is 0 Å². The molecule has 2 N–H and O–H groups in total. The van der Waals surface area contributed by atoms with Crippen LogP contribution in [0.25, 0.3) is 0 Å². The van der Waals surface area contributed by atoms with Gasteiger partial charge in [0.1, 0.15) is 0 Å². The Bertz CT molecular complexity index is 615. The first-order valence-corrected chi connectivity index (χ1v) is 6.91. The van der Waals surface area contributed by atoms with E-state index in [0.29, 0.717) is 12.1 Å². The first-order chi connectivity index (χ1) is 9.99. The van der Waals surface area contributed by atoms with Crippen molar-refractivity contribution in [1.82, 2.24) is 5.32 Å². The van der Waals surface area contributed by atoms with Gasteiger partial charge in [-0.15, -0.1) is 0 Å². The molecule has 112 valence electrons. The number of nitrogens with one attached hydrogen (secondary N) is 1.